The summed E-state index contributed by atoms with van der Waals surface area (Å²) in [5, 5.41) is 3.10. The van der Waals surface area contributed by atoms with Crippen LogP contribution in [0.15, 0.2) is 29.9 Å². The fourth-order valence-corrected chi connectivity index (χ4v) is 2.99. The molecule has 0 aliphatic carbocycles. The summed E-state index contributed by atoms with van der Waals surface area (Å²) in [6.07, 6.45) is 5.90. The van der Waals surface area contributed by atoms with Crippen LogP contribution in [0.1, 0.15) is 30.1 Å². The molecule has 0 aliphatic rings. The quantitative estimate of drug-likeness (QED) is 0.790. The molecule has 0 atom stereocenters. The van der Waals surface area contributed by atoms with Crippen molar-refractivity contribution in [3.8, 4) is 0 Å². The van der Waals surface area contributed by atoms with Crippen LogP contribution >= 0.6 is 11.3 Å². The van der Waals surface area contributed by atoms with E-state index in [4.69, 9.17) is 0 Å². The van der Waals surface area contributed by atoms with Crippen molar-refractivity contribution in [2.75, 3.05) is 13.1 Å². The molecule has 0 N–H and O–H groups in total. The summed E-state index contributed by atoms with van der Waals surface area (Å²) in [6.45, 7) is 5.52. The normalized spacial score (nSPS) is 10.6. The second-order valence-corrected chi connectivity index (χ2v) is 5.77. The average molecular weight is 303 g/mol. The van der Waals surface area contributed by atoms with Crippen molar-refractivity contribution < 1.29 is 4.79 Å². The van der Waals surface area contributed by atoms with Crippen molar-refractivity contribution in [1.29, 1.82) is 0 Å². The Morgan fingerprint density at radius 2 is 1.90 bits per heavy atom. The molecule has 1 amide bonds. The summed E-state index contributed by atoms with van der Waals surface area (Å²) >= 11 is 1.64. The van der Waals surface area contributed by atoms with Gasteiger partial charge in [0.25, 0.3) is 0 Å². The van der Waals surface area contributed by atoms with Crippen molar-refractivity contribution >= 4 is 17.2 Å². The molecular weight excluding hydrogens is 282 g/mol. The maximum atomic E-state index is 12.0. The first-order valence-corrected chi connectivity index (χ1v) is 8.20. The maximum Gasteiger partial charge on any atom is 0.228 e. The molecule has 0 spiro atoms. The van der Waals surface area contributed by atoms with Crippen LogP contribution in [0.25, 0.3) is 0 Å². The lowest BCUT2D eigenvalue weighted by Gasteiger charge is -2.17. The number of hydrogen-bond donors (Lipinski definition) is 0. The van der Waals surface area contributed by atoms with Crippen LogP contribution in [0, 0.1) is 0 Å². The van der Waals surface area contributed by atoms with Crippen LogP contribution in [-0.2, 0) is 24.1 Å². The number of likely N-dealkylation sites (N-methyl/N-ethyl adjacent to an activating group) is 1. The summed E-state index contributed by atoms with van der Waals surface area (Å²) in [7, 11) is 0. The van der Waals surface area contributed by atoms with E-state index in [1.54, 1.807) is 11.3 Å². The number of aromatic nitrogens is 2. The lowest BCUT2D eigenvalue weighted by atomic mass is 10.1. The van der Waals surface area contributed by atoms with Crippen LogP contribution in [0.4, 0.5) is 0 Å². The number of aryl methyl sites for hydroxylation is 2. The molecule has 0 saturated heterocycles. The molecular formula is C16H21N3OS. The lowest BCUT2D eigenvalue weighted by molar-refractivity contribution is -0.130. The molecule has 0 unspecified atom stereocenters. The molecule has 5 heteroatoms. The van der Waals surface area contributed by atoms with Crippen LogP contribution in [-0.4, -0.2) is 33.9 Å². The highest BCUT2D eigenvalue weighted by atomic mass is 32.1. The standard InChI is InChI=1S/C16H21N3OS/c1-3-19(4-2)16(20)11-14-12-21-15(18-14)6-5-13-7-9-17-10-8-13/h7-10,12H,3-6,11H2,1-2H3. The maximum absolute atomic E-state index is 12.0. The van der Waals surface area contributed by atoms with Gasteiger partial charge in [0.15, 0.2) is 0 Å². The fourth-order valence-electron chi connectivity index (χ4n) is 2.19. The van der Waals surface area contributed by atoms with E-state index < -0.39 is 0 Å². The Bertz CT molecular complexity index is 564. The van der Waals surface area contributed by atoms with Crippen molar-refractivity contribution in [2.24, 2.45) is 0 Å². The monoisotopic (exact) mass is 303 g/mol. The molecule has 2 rings (SSSR count). The van der Waals surface area contributed by atoms with Crippen molar-refractivity contribution in [1.82, 2.24) is 14.9 Å². The zero-order chi connectivity index (χ0) is 15.1. The summed E-state index contributed by atoms with van der Waals surface area (Å²) in [5.74, 6) is 0.158. The Hall–Kier alpha value is -1.75. The van der Waals surface area contributed by atoms with Crippen molar-refractivity contribution in [3.05, 3.63) is 46.2 Å². The number of thiazole rings is 1. The van der Waals surface area contributed by atoms with Crippen LogP contribution in [0.3, 0.4) is 0 Å². The molecule has 21 heavy (non-hydrogen) atoms. The largest absolute Gasteiger partial charge is 0.343 e. The highest BCUT2D eigenvalue weighted by Gasteiger charge is 2.12. The van der Waals surface area contributed by atoms with Gasteiger partial charge in [-0.15, -0.1) is 11.3 Å². The number of hydrogen-bond acceptors (Lipinski definition) is 4. The molecule has 0 bridgehead atoms. The lowest BCUT2D eigenvalue weighted by Crippen LogP contribution is -2.31. The molecule has 2 aromatic heterocycles. The molecule has 0 radical (unpaired) electrons. The van der Waals surface area contributed by atoms with Gasteiger partial charge in [-0.3, -0.25) is 9.78 Å². The SMILES string of the molecule is CCN(CC)C(=O)Cc1csc(CCc2ccncc2)n1. The number of carbonyl (C=O) groups is 1. The van der Waals surface area contributed by atoms with Crippen LogP contribution in [0.5, 0.6) is 0 Å². The Balaban J connectivity index is 1.88. The number of amides is 1. The van der Waals surface area contributed by atoms with Gasteiger partial charge in [0.05, 0.1) is 17.1 Å². The molecule has 0 saturated carbocycles. The minimum Gasteiger partial charge on any atom is -0.343 e. The van der Waals surface area contributed by atoms with E-state index in [0.717, 1.165) is 36.6 Å². The third kappa shape index (κ3) is 4.63. The van der Waals surface area contributed by atoms with Gasteiger partial charge in [-0.05, 0) is 38.0 Å². The fraction of sp³-hybridized carbons (Fsp3) is 0.438. The minimum atomic E-state index is 0.158. The number of carbonyl (C=O) groups excluding carboxylic acids is 1. The van der Waals surface area contributed by atoms with Crippen LogP contribution < -0.4 is 0 Å². The zero-order valence-corrected chi connectivity index (χ0v) is 13.4. The Kier molecular flexibility index (Phi) is 5.87. The zero-order valence-electron chi connectivity index (χ0n) is 12.6. The highest BCUT2D eigenvalue weighted by molar-refractivity contribution is 7.09. The first kappa shape index (κ1) is 15.6. The molecule has 2 aromatic rings. The number of pyridine rings is 1. The van der Waals surface area contributed by atoms with Gasteiger partial charge in [-0.2, -0.15) is 0 Å². The molecule has 112 valence electrons. The van der Waals surface area contributed by atoms with Gasteiger partial charge in [0.2, 0.25) is 5.91 Å². The van der Waals surface area contributed by atoms with E-state index in [1.165, 1.54) is 5.56 Å². The third-order valence-electron chi connectivity index (χ3n) is 3.42. The number of rotatable bonds is 7. The second kappa shape index (κ2) is 7.88. The van der Waals surface area contributed by atoms with E-state index in [0.29, 0.717) is 6.42 Å². The Labute approximate surface area is 129 Å². The molecule has 0 fully saturated rings. The van der Waals surface area contributed by atoms with E-state index >= 15 is 0 Å². The van der Waals surface area contributed by atoms with Crippen molar-refractivity contribution in [3.63, 3.8) is 0 Å². The van der Waals surface area contributed by atoms with E-state index in [1.807, 2.05) is 48.7 Å². The second-order valence-electron chi connectivity index (χ2n) is 4.83. The third-order valence-corrected chi connectivity index (χ3v) is 4.38. The average Bonchev–Trinajstić information content (AvgIpc) is 2.95. The summed E-state index contributed by atoms with van der Waals surface area (Å²) in [4.78, 5) is 22.5. The first-order valence-electron chi connectivity index (χ1n) is 7.32. The summed E-state index contributed by atoms with van der Waals surface area (Å²) < 4.78 is 0. The minimum absolute atomic E-state index is 0.158. The van der Waals surface area contributed by atoms with Gasteiger partial charge in [0, 0.05) is 37.3 Å². The highest BCUT2D eigenvalue weighted by Crippen LogP contribution is 2.14. The smallest absolute Gasteiger partial charge is 0.228 e. The number of nitrogens with zero attached hydrogens (tertiary/aromatic N) is 3. The Morgan fingerprint density at radius 3 is 2.57 bits per heavy atom. The molecule has 2 heterocycles. The van der Waals surface area contributed by atoms with Gasteiger partial charge in [-0.25, -0.2) is 4.98 Å². The molecule has 0 aromatic carbocycles. The predicted molar refractivity (Wildman–Crippen MR) is 85.4 cm³/mol. The van der Waals surface area contributed by atoms with E-state index in [2.05, 4.69) is 9.97 Å². The molecule has 4 nitrogen and oxygen atoms in total. The van der Waals surface area contributed by atoms with Crippen LogP contribution in [0.2, 0.25) is 0 Å². The van der Waals surface area contributed by atoms with Crippen molar-refractivity contribution in [2.45, 2.75) is 33.1 Å². The van der Waals surface area contributed by atoms with Gasteiger partial charge in [-0.1, -0.05) is 0 Å². The van der Waals surface area contributed by atoms with E-state index in [-0.39, 0.29) is 5.91 Å². The first-order chi connectivity index (χ1) is 10.2. The van der Waals surface area contributed by atoms with Gasteiger partial charge in [0.1, 0.15) is 0 Å². The molecule has 0 aliphatic heterocycles. The summed E-state index contributed by atoms with van der Waals surface area (Å²) in [6, 6.07) is 4.05. The van der Waals surface area contributed by atoms with Gasteiger partial charge < -0.3 is 4.90 Å². The van der Waals surface area contributed by atoms with E-state index in [9.17, 15) is 4.79 Å². The summed E-state index contributed by atoms with van der Waals surface area (Å²) in [5.41, 5.74) is 2.16. The Morgan fingerprint density at radius 1 is 1.19 bits per heavy atom. The predicted octanol–water partition coefficient (Wildman–Crippen LogP) is 2.73. The van der Waals surface area contributed by atoms with Gasteiger partial charge >= 0.3 is 0 Å². The topological polar surface area (TPSA) is 46.1 Å².